The summed E-state index contributed by atoms with van der Waals surface area (Å²) in [5.74, 6) is -1.04. The lowest BCUT2D eigenvalue weighted by Crippen LogP contribution is -2.21. The summed E-state index contributed by atoms with van der Waals surface area (Å²) in [4.78, 5) is 23.6. The van der Waals surface area contributed by atoms with Gasteiger partial charge >= 0.3 is 5.97 Å². The lowest BCUT2D eigenvalue weighted by molar-refractivity contribution is -0.146. The molecule has 0 bridgehead atoms. The highest BCUT2D eigenvalue weighted by Crippen LogP contribution is 2.23. The van der Waals surface area contributed by atoms with Crippen molar-refractivity contribution in [2.45, 2.75) is 13.3 Å². The van der Waals surface area contributed by atoms with Crippen LogP contribution in [0.25, 0.3) is 0 Å². The van der Waals surface area contributed by atoms with E-state index in [0.29, 0.717) is 26.3 Å². The molecule has 0 unspecified atom stereocenters. The van der Waals surface area contributed by atoms with E-state index in [4.69, 9.17) is 39.5 Å². The third-order valence-corrected chi connectivity index (χ3v) is 4.01. The Hall–Kier alpha value is -1.75. The van der Waals surface area contributed by atoms with E-state index in [-0.39, 0.29) is 6.42 Å². The minimum Gasteiger partial charge on any atom is -0.455 e. The van der Waals surface area contributed by atoms with Crippen molar-refractivity contribution in [1.29, 1.82) is 0 Å². The molecule has 0 aliphatic heterocycles. The number of rotatable bonds is 5. The number of amides is 1. The van der Waals surface area contributed by atoms with Crippen LogP contribution in [0.1, 0.15) is 11.1 Å². The first-order valence-electron chi connectivity index (χ1n) is 7.00. The van der Waals surface area contributed by atoms with Crippen LogP contribution in [0.4, 0.5) is 5.69 Å². The molecule has 0 aromatic heterocycles. The van der Waals surface area contributed by atoms with E-state index in [0.717, 1.165) is 5.56 Å². The predicted molar refractivity (Wildman–Crippen MR) is 95.9 cm³/mol. The van der Waals surface area contributed by atoms with Crippen molar-refractivity contribution in [2.75, 3.05) is 11.9 Å². The molecule has 0 radical (unpaired) electrons. The van der Waals surface area contributed by atoms with Gasteiger partial charge in [-0.25, -0.2) is 0 Å². The molecule has 126 valence electrons. The molecule has 7 heteroatoms. The first-order valence-corrected chi connectivity index (χ1v) is 8.14. The molecule has 1 N–H and O–H groups in total. The second-order valence-corrected chi connectivity index (χ2v) is 6.36. The van der Waals surface area contributed by atoms with Crippen LogP contribution in [0.15, 0.2) is 36.4 Å². The van der Waals surface area contributed by atoms with Crippen LogP contribution in [0, 0.1) is 6.92 Å². The molecular formula is C17H14Cl3NO3. The number of carbonyl (C=O) groups is 2. The zero-order valence-electron chi connectivity index (χ0n) is 12.7. The standard InChI is InChI=1S/C17H14Cl3NO3/c1-10-2-5-15(14(20)6-10)21-16(22)9-24-17(23)7-11-3-4-12(18)8-13(11)19/h2-6,8H,7,9H2,1H3,(H,21,22). The summed E-state index contributed by atoms with van der Waals surface area (Å²) in [6, 6.07) is 10.0. The summed E-state index contributed by atoms with van der Waals surface area (Å²) in [6.45, 7) is 1.48. The molecule has 0 atom stereocenters. The number of benzene rings is 2. The highest BCUT2D eigenvalue weighted by molar-refractivity contribution is 6.35. The Morgan fingerprint density at radius 1 is 1.04 bits per heavy atom. The topological polar surface area (TPSA) is 55.4 Å². The maximum atomic E-state index is 11.8. The van der Waals surface area contributed by atoms with Crippen LogP contribution in [-0.4, -0.2) is 18.5 Å². The van der Waals surface area contributed by atoms with Crippen LogP contribution in [0.5, 0.6) is 0 Å². The molecule has 0 saturated heterocycles. The molecule has 2 aromatic rings. The fourth-order valence-corrected chi connectivity index (χ4v) is 2.68. The van der Waals surface area contributed by atoms with Crippen molar-refractivity contribution >= 4 is 52.4 Å². The highest BCUT2D eigenvalue weighted by atomic mass is 35.5. The van der Waals surface area contributed by atoms with E-state index >= 15 is 0 Å². The maximum Gasteiger partial charge on any atom is 0.310 e. The Bertz CT molecular complexity index is 712. The van der Waals surface area contributed by atoms with Crippen molar-refractivity contribution in [3.63, 3.8) is 0 Å². The minimum atomic E-state index is -0.565. The fourth-order valence-electron chi connectivity index (χ4n) is 1.93. The van der Waals surface area contributed by atoms with Gasteiger partial charge < -0.3 is 10.1 Å². The normalized spacial score (nSPS) is 10.3. The van der Waals surface area contributed by atoms with Gasteiger partial charge in [0.2, 0.25) is 0 Å². The molecule has 2 rings (SSSR count). The Kier molecular flexibility index (Phi) is 6.49. The number of ether oxygens (including phenoxy) is 1. The molecule has 24 heavy (non-hydrogen) atoms. The Balaban J connectivity index is 1.85. The first-order chi connectivity index (χ1) is 11.3. The second kappa shape index (κ2) is 8.38. The number of anilines is 1. The summed E-state index contributed by atoms with van der Waals surface area (Å²) in [5, 5.41) is 3.85. The number of hydrogen-bond donors (Lipinski definition) is 1. The number of nitrogens with one attached hydrogen (secondary N) is 1. The smallest absolute Gasteiger partial charge is 0.310 e. The number of aryl methyl sites for hydroxylation is 1. The molecule has 0 fully saturated rings. The lowest BCUT2D eigenvalue weighted by Gasteiger charge is -2.09. The van der Waals surface area contributed by atoms with Crippen LogP contribution >= 0.6 is 34.8 Å². The summed E-state index contributed by atoms with van der Waals surface area (Å²) in [6.07, 6.45) is -0.0471. The molecule has 4 nitrogen and oxygen atoms in total. The van der Waals surface area contributed by atoms with E-state index in [9.17, 15) is 9.59 Å². The number of esters is 1. The SMILES string of the molecule is Cc1ccc(NC(=O)COC(=O)Cc2ccc(Cl)cc2Cl)c(Cl)c1. The Labute approximate surface area is 154 Å². The van der Waals surface area contributed by atoms with Gasteiger partial charge in [0.25, 0.3) is 5.91 Å². The van der Waals surface area contributed by atoms with Gasteiger partial charge in [-0.1, -0.05) is 46.9 Å². The highest BCUT2D eigenvalue weighted by Gasteiger charge is 2.12. The predicted octanol–water partition coefficient (Wildman–Crippen LogP) is 4.68. The molecule has 0 saturated carbocycles. The largest absolute Gasteiger partial charge is 0.455 e. The monoisotopic (exact) mass is 385 g/mol. The van der Waals surface area contributed by atoms with Crippen molar-refractivity contribution in [3.8, 4) is 0 Å². The van der Waals surface area contributed by atoms with Crippen LogP contribution < -0.4 is 5.32 Å². The van der Waals surface area contributed by atoms with Gasteiger partial charge in [-0.15, -0.1) is 0 Å². The number of carbonyl (C=O) groups excluding carboxylic acids is 2. The van der Waals surface area contributed by atoms with Crippen LogP contribution in [0.2, 0.25) is 15.1 Å². The summed E-state index contributed by atoms with van der Waals surface area (Å²) in [5.41, 5.74) is 2.02. The van der Waals surface area contributed by atoms with Crippen LogP contribution in [0.3, 0.4) is 0 Å². The quantitative estimate of drug-likeness (QED) is 0.759. The minimum absolute atomic E-state index is 0.0471. The molecule has 2 aromatic carbocycles. The maximum absolute atomic E-state index is 11.8. The van der Waals surface area contributed by atoms with E-state index in [2.05, 4.69) is 5.32 Å². The first kappa shape index (κ1) is 18.6. The van der Waals surface area contributed by atoms with Gasteiger partial charge in [0, 0.05) is 10.0 Å². The van der Waals surface area contributed by atoms with E-state index in [1.54, 1.807) is 24.3 Å². The van der Waals surface area contributed by atoms with E-state index < -0.39 is 18.5 Å². The van der Waals surface area contributed by atoms with Gasteiger partial charge in [-0.05, 0) is 42.3 Å². The average Bonchev–Trinajstić information content (AvgIpc) is 2.51. The Morgan fingerprint density at radius 2 is 1.79 bits per heavy atom. The van der Waals surface area contributed by atoms with Gasteiger partial charge in [0.1, 0.15) is 0 Å². The molecule has 1 amide bonds. The zero-order chi connectivity index (χ0) is 17.7. The summed E-state index contributed by atoms with van der Waals surface area (Å²) >= 11 is 17.8. The van der Waals surface area contributed by atoms with Crippen molar-refractivity contribution < 1.29 is 14.3 Å². The van der Waals surface area contributed by atoms with E-state index in [1.807, 2.05) is 13.0 Å². The summed E-state index contributed by atoms with van der Waals surface area (Å²) in [7, 11) is 0. The van der Waals surface area contributed by atoms with Gasteiger partial charge in [0.15, 0.2) is 6.61 Å². The number of hydrogen-bond acceptors (Lipinski definition) is 3. The lowest BCUT2D eigenvalue weighted by atomic mass is 10.1. The fraction of sp³-hybridized carbons (Fsp3) is 0.176. The Morgan fingerprint density at radius 3 is 2.46 bits per heavy atom. The van der Waals surface area contributed by atoms with Gasteiger partial charge in [-0.2, -0.15) is 0 Å². The summed E-state index contributed by atoms with van der Waals surface area (Å²) < 4.78 is 4.94. The van der Waals surface area contributed by atoms with Crippen molar-refractivity contribution in [3.05, 3.63) is 62.6 Å². The van der Waals surface area contributed by atoms with Crippen molar-refractivity contribution in [1.82, 2.24) is 0 Å². The second-order valence-electron chi connectivity index (χ2n) is 5.10. The van der Waals surface area contributed by atoms with E-state index in [1.165, 1.54) is 6.07 Å². The zero-order valence-corrected chi connectivity index (χ0v) is 15.0. The molecule has 0 aliphatic carbocycles. The van der Waals surface area contributed by atoms with Crippen LogP contribution in [-0.2, 0) is 20.7 Å². The third kappa shape index (κ3) is 5.41. The molecule has 0 spiro atoms. The van der Waals surface area contributed by atoms with Crippen molar-refractivity contribution in [2.24, 2.45) is 0 Å². The van der Waals surface area contributed by atoms with Gasteiger partial charge in [0.05, 0.1) is 17.1 Å². The molecule has 0 aliphatic rings. The molecule has 0 heterocycles. The van der Waals surface area contributed by atoms with Gasteiger partial charge in [-0.3, -0.25) is 9.59 Å². The average molecular weight is 387 g/mol. The molecular weight excluding hydrogens is 373 g/mol. The third-order valence-electron chi connectivity index (χ3n) is 3.11. The number of halogens is 3.